The first-order valence-electron chi connectivity index (χ1n) is 8.37. The van der Waals surface area contributed by atoms with Crippen molar-refractivity contribution < 1.29 is 23.4 Å². The number of aliphatic hydroxyl groups excluding tert-OH is 1. The summed E-state index contributed by atoms with van der Waals surface area (Å²) in [6, 6.07) is 11.2. The second-order valence-corrected chi connectivity index (χ2v) is 7.04. The van der Waals surface area contributed by atoms with E-state index in [9.17, 15) is 13.9 Å². The molecule has 3 rings (SSSR count). The predicted octanol–water partition coefficient (Wildman–Crippen LogP) is 3.96. The van der Waals surface area contributed by atoms with Gasteiger partial charge in [0.1, 0.15) is 18.5 Å². The van der Waals surface area contributed by atoms with Crippen molar-refractivity contribution in [3.8, 4) is 5.75 Å². The van der Waals surface area contributed by atoms with Crippen LogP contribution in [0.1, 0.15) is 11.7 Å². The summed E-state index contributed by atoms with van der Waals surface area (Å²) in [5, 5.41) is 10.3. The average Bonchev–Trinajstić information content (AvgIpc) is 2.63. The van der Waals surface area contributed by atoms with Gasteiger partial charge in [-0.3, -0.25) is 4.90 Å². The normalized spacial score (nSPS) is 18.6. The highest BCUT2D eigenvalue weighted by Gasteiger charge is 2.24. The summed E-state index contributed by atoms with van der Waals surface area (Å²) in [6.07, 6.45) is -1.03. The Kier molecular flexibility index (Phi) is 8.44. The van der Waals surface area contributed by atoms with Crippen molar-refractivity contribution in [1.29, 1.82) is 0 Å². The van der Waals surface area contributed by atoms with Crippen molar-refractivity contribution in [2.45, 2.75) is 12.2 Å². The Balaban J connectivity index is 0.00000261. The second kappa shape index (κ2) is 10.3. The van der Waals surface area contributed by atoms with Crippen LogP contribution in [0.25, 0.3) is 0 Å². The lowest BCUT2D eigenvalue weighted by molar-refractivity contribution is -0.0461. The van der Waals surface area contributed by atoms with Crippen LogP contribution in [0.3, 0.4) is 0 Å². The fraction of sp³-hybridized carbons (Fsp3) is 0.368. The monoisotopic (exact) mass is 463 g/mol. The third-order valence-corrected chi connectivity index (χ3v) is 4.86. The van der Waals surface area contributed by atoms with Gasteiger partial charge in [-0.05, 0) is 45.8 Å². The van der Waals surface area contributed by atoms with Crippen molar-refractivity contribution in [2.24, 2.45) is 0 Å². The van der Waals surface area contributed by atoms with Crippen LogP contribution in [0.15, 0.2) is 46.9 Å². The third kappa shape index (κ3) is 6.12. The molecule has 1 aliphatic heterocycles. The molecule has 27 heavy (non-hydrogen) atoms. The number of halogens is 4. The number of para-hydroxylation sites is 1. The van der Waals surface area contributed by atoms with Crippen molar-refractivity contribution in [2.75, 3.05) is 32.8 Å². The molecule has 0 aliphatic carbocycles. The predicted molar refractivity (Wildman–Crippen MR) is 104 cm³/mol. The lowest BCUT2D eigenvalue weighted by atomic mass is 10.1. The summed E-state index contributed by atoms with van der Waals surface area (Å²) in [6.45, 7) is 2.19. The molecule has 2 atom stereocenters. The molecule has 2 aromatic rings. The minimum absolute atomic E-state index is 0. The van der Waals surface area contributed by atoms with Crippen molar-refractivity contribution in [1.82, 2.24) is 4.90 Å². The van der Waals surface area contributed by atoms with Gasteiger partial charge in [-0.15, -0.1) is 12.4 Å². The Morgan fingerprint density at radius 3 is 2.74 bits per heavy atom. The van der Waals surface area contributed by atoms with Gasteiger partial charge in [-0.1, -0.05) is 18.2 Å². The lowest BCUT2D eigenvalue weighted by Gasteiger charge is -2.34. The zero-order valence-corrected chi connectivity index (χ0v) is 16.9. The maximum atomic E-state index is 13.4. The molecule has 1 aliphatic rings. The summed E-state index contributed by atoms with van der Waals surface area (Å²) >= 11 is 3.40. The van der Waals surface area contributed by atoms with E-state index in [2.05, 4.69) is 15.9 Å². The molecule has 1 N–H and O–H groups in total. The maximum absolute atomic E-state index is 13.4. The first-order chi connectivity index (χ1) is 12.5. The van der Waals surface area contributed by atoms with E-state index in [1.165, 1.54) is 6.07 Å². The quantitative estimate of drug-likeness (QED) is 0.703. The Bertz CT molecular complexity index is 753. The minimum Gasteiger partial charge on any atom is -0.490 e. The summed E-state index contributed by atoms with van der Waals surface area (Å²) in [5.74, 6) is -1.08. The van der Waals surface area contributed by atoms with Crippen LogP contribution >= 0.6 is 28.3 Å². The molecule has 0 bridgehead atoms. The summed E-state index contributed by atoms with van der Waals surface area (Å²) in [5.41, 5.74) is 0.590. The molecule has 0 aromatic heterocycles. The van der Waals surface area contributed by atoms with Crippen LogP contribution < -0.4 is 4.74 Å². The lowest BCUT2D eigenvalue weighted by Crippen LogP contribution is -2.43. The molecule has 148 valence electrons. The summed E-state index contributed by atoms with van der Waals surface area (Å²) < 4.78 is 38.7. The van der Waals surface area contributed by atoms with Gasteiger partial charge in [0, 0.05) is 19.6 Å². The van der Waals surface area contributed by atoms with Crippen molar-refractivity contribution in [3.05, 3.63) is 64.1 Å². The Labute approximate surface area is 171 Å². The molecule has 0 amide bonds. The van der Waals surface area contributed by atoms with Gasteiger partial charge in [-0.2, -0.15) is 0 Å². The number of β-amino-alcohol motifs (C(OH)–C–C–N with tert-alkyl or cyclic N) is 1. The van der Waals surface area contributed by atoms with E-state index in [0.717, 1.165) is 16.6 Å². The van der Waals surface area contributed by atoms with E-state index in [1.54, 1.807) is 0 Å². The van der Waals surface area contributed by atoms with Crippen LogP contribution in [0.5, 0.6) is 5.75 Å². The largest absolute Gasteiger partial charge is 0.490 e. The molecule has 0 saturated carbocycles. The van der Waals surface area contributed by atoms with Gasteiger partial charge in [0.25, 0.3) is 0 Å². The number of hydrogen-bond acceptors (Lipinski definition) is 4. The second-order valence-electron chi connectivity index (χ2n) is 6.19. The van der Waals surface area contributed by atoms with E-state index in [-0.39, 0.29) is 25.1 Å². The summed E-state index contributed by atoms with van der Waals surface area (Å²) in [7, 11) is 0. The number of benzene rings is 2. The van der Waals surface area contributed by atoms with Crippen molar-refractivity contribution in [3.63, 3.8) is 0 Å². The minimum atomic E-state index is -0.884. The average molecular weight is 465 g/mol. The van der Waals surface area contributed by atoms with Gasteiger partial charge >= 0.3 is 0 Å². The fourth-order valence-corrected chi connectivity index (χ4v) is 3.28. The first kappa shape index (κ1) is 22.0. The molecule has 1 saturated heterocycles. The first-order valence-corrected chi connectivity index (χ1v) is 9.16. The number of rotatable bonds is 6. The van der Waals surface area contributed by atoms with Gasteiger partial charge < -0.3 is 14.6 Å². The molecule has 2 aromatic carbocycles. The van der Waals surface area contributed by atoms with E-state index in [0.29, 0.717) is 37.6 Å². The Hall–Kier alpha value is -1.25. The van der Waals surface area contributed by atoms with Crippen LogP contribution in [0.2, 0.25) is 0 Å². The molecule has 8 heteroatoms. The molecule has 1 fully saturated rings. The maximum Gasteiger partial charge on any atom is 0.159 e. The van der Waals surface area contributed by atoms with Gasteiger partial charge in [0.05, 0.1) is 17.2 Å². The topological polar surface area (TPSA) is 41.9 Å². The molecule has 0 radical (unpaired) electrons. The van der Waals surface area contributed by atoms with Gasteiger partial charge in [0.15, 0.2) is 11.6 Å². The highest BCUT2D eigenvalue weighted by Crippen LogP contribution is 2.25. The molecule has 0 spiro atoms. The molecular weight excluding hydrogens is 444 g/mol. The van der Waals surface area contributed by atoms with Gasteiger partial charge in [-0.25, -0.2) is 8.78 Å². The Morgan fingerprint density at radius 1 is 1.22 bits per heavy atom. The van der Waals surface area contributed by atoms with Crippen LogP contribution in [-0.2, 0) is 4.74 Å². The van der Waals surface area contributed by atoms with E-state index in [1.807, 2.05) is 29.2 Å². The number of aliphatic hydroxyl groups is 1. The number of ether oxygens (including phenoxy) is 2. The van der Waals surface area contributed by atoms with E-state index >= 15 is 0 Å². The molecule has 4 nitrogen and oxygen atoms in total. The number of nitrogens with zero attached hydrogens (tertiary/aromatic N) is 1. The van der Waals surface area contributed by atoms with E-state index in [4.69, 9.17) is 9.47 Å². The zero-order valence-electron chi connectivity index (χ0n) is 14.5. The van der Waals surface area contributed by atoms with Crippen LogP contribution in [0, 0.1) is 11.6 Å². The summed E-state index contributed by atoms with van der Waals surface area (Å²) in [4.78, 5) is 2.03. The van der Waals surface area contributed by atoms with Crippen molar-refractivity contribution >= 4 is 28.3 Å². The zero-order chi connectivity index (χ0) is 18.5. The number of hydrogen-bond donors (Lipinski definition) is 1. The van der Waals surface area contributed by atoms with E-state index < -0.39 is 17.7 Å². The van der Waals surface area contributed by atoms with Crippen LogP contribution in [-0.4, -0.2) is 49.0 Å². The SMILES string of the molecule is Cl.OC(COc1ccccc1Br)CN1CCOC(c2ccc(F)c(F)c2)C1. The Morgan fingerprint density at radius 2 is 2.00 bits per heavy atom. The number of morpholine rings is 1. The highest BCUT2D eigenvalue weighted by molar-refractivity contribution is 9.10. The smallest absolute Gasteiger partial charge is 0.159 e. The fourth-order valence-electron chi connectivity index (χ4n) is 2.88. The standard InChI is InChI=1S/C19H20BrF2NO3.ClH/c20-15-3-1-2-4-18(15)26-12-14(24)10-23-7-8-25-19(11-23)13-5-6-16(21)17(22)9-13;/h1-6,9,14,19,24H,7-8,10-12H2;1H. The third-order valence-electron chi connectivity index (χ3n) is 4.20. The molecule has 2 unspecified atom stereocenters. The molecule has 1 heterocycles. The van der Waals surface area contributed by atoms with Gasteiger partial charge in [0.2, 0.25) is 0 Å². The van der Waals surface area contributed by atoms with Crippen LogP contribution in [0.4, 0.5) is 8.78 Å². The highest BCUT2D eigenvalue weighted by atomic mass is 79.9. The molecular formula is C19H21BrClF2NO3.